The normalized spacial score (nSPS) is 28.5. The Labute approximate surface area is 192 Å². The Kier molecular flexibility index (Phi) is 4.52. The summed E-state index contributed by atoms with van der Waals surface area (Å²) in [5, 5.41) is 3.12. The SMILES string of the molecule is Cc1ccc(C(=O)[C@H]2[C@@H](c3ccccc3)[C@@H]3CSCN3[C@@]23C(=O)Nc2ccccc23)cc1. The van der Waals surface area contributed by atoms with Gasteiger partial charge in [-0.1, -0.05) is 78.4 Å². The molecular weight excluding hydrogens is 416 g/mol. The molecule has 4 nitrogen and oxygen atoms in total. The smallest absolute Gasteiger partial charge is 0.250 e. The summed E-state index contributed by atoms with van der Waals surface area (Å²) >= 11 is 1.85. The first kappa shape index (κ1) is 19.8. The summed E-state index contributed by atoms with van der Waals surface area (Å²) < 4.78 is 0. The third kappa shape index (κ3) is 2.61. The number of hydrogen-bond donors (Lipinski definition) is 1. The van der Waals surface area contributed by atoms with E-state index in [1.54, 1.807) is 0 Å². The number of fused-ring (bicyclic) bond motifs is 4. The van der Waals surface area contributed by atoms with Gasteiger partial charge in [0.2, 0.25) is 5.91 Å². The minimum Gasteiger partial charge on any atom is -0.324 e. The molecule has 3 aliphatic rings. The molecular formula is C27H24N2O2S. The van der Waals surface area contributed by atoms with Gasteiger partial charge in [0.25, 0.3) is 0 Å². The van der Waals surface area contributed by atoms with Gasteiger partial charge in [-0.15, -0.1) is 11.8 Å². The highest BCUT2D eigenvalue weighted by Crippen LogP contribution is 2.61. The highest BCUT2D eigenvalue weighted by Gasteiger charge is 2.69. The van der Waals surface area contributed by atoms with Crippen LogP contribution in [0.3, 0.4) is 0 Å². The van der Waals surface area contributed by atoms with Crippen molar-refractivity contribution in [3.8, 4) is 0 Å². The fourth-order valence-electron chi connectivity index (χ4n) is 5.98. The molecule has 3 aromatic carbocycles. The van der Waals surface area contributed by atoms with E-state index in [-0.39, 0.29) is 23.7 Å². The van der Waals surface area contributed by atoms with E-state index in [2.05, 4.69) is 22.3 Å². The third-order valence-corrected chi connectivity index (χ3v) is 8.37. The van der Waals surface area contributed by atoms with Crippen molar-refractivity contribution in [2.24, 2.45) is 5.92 Å². The number of para-hydroxylation sites is 1. The van der Waals surface area contributed by atoms with E-state index in [9.17, 15) is 9.59 Å². The van der Waals surface area contributed by atoms with Crippen molar-refractivity contribution in [1.82, 2.24) is 4.90 Å². The van der Waals surface area contributed by atoms with Gasteiger partial charge in [0.15, 0.2) is 5.78 Å². The molecule has 1 N–H and O–H groups in total. The van der Waals surface area contributed by atoms with Crippen LogP contribution < -0.4 is 5.32 Å². The quantitative estimate of drug-likeness (QED) is 0.594. The number of hydrogen-bond acceptors (Lipinski definition) is 4. The van der Waals surface area contributed by atoms with Crippen LogP contribution in [0.4, 0.5) is 5.69 Å². The molecule has 0 bridgehead atoms. The van der Waals surface area contributed by atoms with E-state index >= 15 is 0 Å². The maximum atomic E-state index is 14.3. The topological polar surface area (TPSA) is 49.4 Å². The molecule has 6 rings (SSSR count). The van der Waals surface area contributed by atoms with Crippen LogP contribution in [-0.4, -0.2) is 34.3 Å². The van der Waals surface area contributed by atoms with E-state index < -0.39 is 11.5 Å². The second-order valence-corrected chi connectivity index (χ2v) is 9.95. The van der Waals surface area contributed by atoms with Gasteiger partial charge >= 0.3 is 0 Å². The van der Waals surface area contributed by atoms with Crippen LogP contribution in [-0.2, 0) is 10.3 Å². The molecule has 4 atom stereocenters. The largest absolute Gasteiger partial charge is 0.324 e. The molecule has 5 heteroatoms. The molecule has 3 aromatic rings. The number of benzene rings is 3. The number of nitrogens with one attached hydrogen (secondary N) is 1. The van der Waals surface area contributed by atoms with Crippen molar-refractivity contribution in [3.05, 3.63) is 101 Å². The molecule has 0 unspecified atom stereocenters. The maximum absolute atomic E-state index is 14.3. The number of amides is 1. The summed E-state index contributed by atoms with van der Waals surface area (Å²) in [6.45, 7) is 2.02. The van der Waals surface area contributed by atoms with Gasteiger partial charge in [-0.2, -0.15) is 0 Å². The molecule has 2 saturated heterocycles. The van der Waals surface area contributed by atoms with E-state index in [4.69, 9.17) is 0 Å². The number of nitrogens with zero attached hydrogens (tertiary/aromatic N) is 1. The van der Waals surface area contributed by atoms with Gasteiger partial charge in [-0.25, -0.2) is 0 Å². The Hall–Kier alpha value is -2.89. The first-order valence-electron chi connectivity index (χ1n) is 11.0. The van der Waals surface area contributed by atoms with Crippen LogP contribution in [0.2, 0.25) is 0 Å². The van der Waals surface area contributed by atoms with Crippen LogP contribution in [0.5, 0.6) is 0 Å². The summed E-state index contributed by atoms with van der Waals surface area (Å²) in [7, 11) is 0. The van der Waals surface area contributed by atoms with Crippen LogP contribution in [0, 0.1) is 12.8 Å². The monoisotopic (exact) mass is 440 g/mol. The van der Waals surface area contributed by atoms with Gasteiger partial charge in [0.1, 0.15) is 5.54 Å². The lowest BCUT2D eigenvalue weighted by Crippen LogP contribution is -2.52. The summed E-state index contributed by atoms with van der Waals surface area (Å²) in [4.78, 5) is 30.4. The standard InChI is InChI=1S/C27H24N2O2S/c1-17-11-13-19(14-12-17)25(30)24-23(18-7-3-2-4-8-18)22-15-32-16-29(22)27(24)20-9-5-6-10-21(20)28-26(27)31/h2-14,22-24H,15-16H2,1H3,(H,28,31)/t22-,23-,24+,27+/m0/s1. The van der Waals surface area contributed by atoms with Crippen LogP contribution in [0.25, 0.3) is 0 Å². The minimum absolute atomic E-state index is 0.0464. The Balaban J connectivity index is 1.61. The number of carbonyl (C=O) groups excluding carboxylic acids is 2. The Bertz CT molecular complexity index is 1210. The predicted molar refractivity (Wildman–Crippen MR) is 128 cm³/mol. The lowest BCUT2D eigenvalue weighted by molar-refractivity contribution is -0.127. The van der Waals surface area contributed by atoms with Crippen LogP contribution in [0.1, 0.15) is 33.0 Å². The van der Waals surface area contributed by atoms with Crippen molar-refractivity contribution in [3.63, 3.8) is 0 Å². The Morgan fingerprint density at radius 1 is 1.00 bits per heavy atom. The third-order valence-electron chi connectivity index (χ3n) is 7.33. The number of carbonyl (C=O) groups is 2. The molecule has 3 heterocycles. The van der Waals surface area contributed by atoms with E-state index in [0.717, 1.165) is 34.0 Å². The zero-order valence-corrected chi connectivity index (χ0v) is 18.6. The van der Waals surface area contributed by atoms with Gasteiger partial charge < -0.3 is 5.32 Å². The average Bonchev–Trinajstić information content (AvgIpc) is 3.48. The lowest BCUT2D eigenvalue weighted by Gasteiger charge is -2.36. The van der Waals surface area contributed by atoms with Crippen LogP contribution >= 0.6 is 11.8 Å². The highest BCUT2D eigenvalue weighted by molar-refractivity contribution is 7.99. The summed E-state index contributed by atoms with van der Waals surface area (Å²) in [5.41, 5.74) is 3.68. The summed E-state index contributed by atoms with van der Waals surface area (Å²) in [5.74, 6) is 1.07. The zero-order valence-electron chi connectivity index (χ0n) is 17.8. The summed E-state index contributed by atoms with van der Waals surface area (Å²) in [6, 6.07) is 26.1. The van der Waals surface area contributed by atoms with Crippen LogP contribution in [0.15, 0.2) is 78.9 Å². The minimum atomic E-state index is -0.993. The molecule has 160 valence electrons. The van der Waals surface area contributed by atoms with E-state index in [0.29, 0.717) is 5.56 Å². The molecule has 32 heavy (non-hydrogen) atoms. The van der Waals surface area contributed by atoms with Gasteiger partial charge in [0.05, 0.1) is 5.92 Å². The van der Waals surface area contributed by atoms with Crippen molar-refractivity contribution in [2.75, 3.05) is 16.9 Å². The number of ketones is 1. The number of Topliss-reactive ketones (excluding diaryl/α,β-unsaturated/α-hetero) is 1. The van der Waals surface area contributed by atoms with E-state index in [1.807, 2.05) is 85.4 Å². The zero-order chi connectivity index (χ0) is 21.9. The average molecular weight is 441 g/mol. The van der Waals surface area contributed by atoms with Gasteiger partial charge in [-0.3, -0.25) is 14.5 Å². The van der Waals surface area contributed by atoms with Crippen molar-refractivity contribution >= 4 is 29.1 Å². The predicted octanol–water partition coefficient (Wildman–Crippen LogP) is 4.81. The van der Waals surface area contributed by atoms with Gasteiger partial charge in [-0.05, 0) is 18.6 Å². The number of aryl methyl sites for hydroxylation is 1. The Morgan fingerprint density at radius 3 is 2.50 bits per heavy atom. The molecule has 0 aliphatic carbocycles. The fourth-order valence-corrected chi connectivity index (χ4v) is 7.30. The lowest BCUT2D eigenvalue weighted by atomic mass is 9.69. The van der Waals surface area contributed by atoms with E-state index in [1.165, 1.54) is 0 Å². The summed E-state index contributed by atoms with van der Waals surface area (Å²) in [6.07, 6.45) is 0. The second-order valence-electron chi connectivity index (χ2n) is 8.95. The van der Waals surface area contributed by atoms with Crippen molar-refractivity contribution in [2.45, 2.75) is 24.4 Å². The highest BCUT2D eigenvalue weighted by atomic mass is 32.2. The Morgan fingerprint density at radius 2 is 1.72 bits per heavy atom. The molecule has 0 aromatic heterocycles. The number of rotatable bonds is 3. The van der Waals surface area contributed by atoms with Crippen molar-refractivity contribution in [1.29, 1.82) is 0 Å². The number of thioether (sulfide) groups is 1. The molecule has 1 amide bonds. The molecule has 3 aliphatic heterocycles. The second kappa shape index (κ2) is 7.32. The first-order valence-corrected chi connectivity index (χ1v) is 12.2. The first-order chi connectivity index (χ1) is 15.6. The molecule has 1 spiro atoms. The molecule has 0 saturated carbocycles. The molecule has 2 fully saturated rings. The number of anilines is 1. The molecule has 0 radical (unpaired) electrons. The van der Waals surface area contributed by atoms with Crippen molar-refractivity contribution < 1.29 is 9.59 Å². The fraction of sp³-hybridized carbons (Fsp3) is 0.259. The van der Waals surface area contributed by atoms with Gasteiger partial charge in [0, 0.05) is 40.4 Å². The maximum Gasteiger partial charge on any atom is 0.250 e.